The molecule has 20 heavy (non-hydrogen) atoms. The molecule has 1 aromatic heterocycles. The lowest BCUT2D eigenvalue weighted by molar-refractivity contribution is 0.158. The molecule has 2 N–H and O–H groups in total. The van der Waals surface area contributed by atoms with E-state index in [2.05, 4.69) is 55.2 Å². The van der Waals surface area contributed by atoms with Gasteiger partial charge in [-0.1, -0.05) is 20.8 Å². The number of aromatic nitrogens is 2. The maximum absolute atomic E-state index is 5.25. The van der Waals surface area contributed by atoms with Gasteiger partial charge in [-0.05, 0) is 26.2 Å². The smallest absolute Gasteiger partial charge is 0.135 e. The summed E-state index contributed by atoms with van der Waals surface area (Å²) in [5.74, 6) is 2.15. The number of anilines is 2. The van der Waals surface area contributed by atoms with Crippen LogP contribution in [0.2, 0.25) is 0 Å². The number of nitrogens with zero attached hydrogens (tertiary/aromatic N) is 2. The highest BCUT2D eigenvalue weighted by molar-refractivity contribution is 5.59. The third-order valence-corrected chi connectivity index (χ3v) is 2.97. The molecule has 0 atom stereocenters. The molecule has 114 valence electrons. The Hall–Kier alpha value is -1.36. The summed E-state index contributed by atoms with van der Waals surface area (Å²) in [6.45, 7) is 12.2. The summed E-state index contributed by atoms with van der Waals surface area (Å²) >= 11 is 0. The molecule has 0 bridgehead atoms. The van der Waals surface area contributed by atoms with Crippen molar-refractivity contribution in [2.45, 2.75) is 52.5 Å². The first-order valence-corrected chi connectivity index (χ1v) is 7.27. The molecule has 0 aliphatic carbocycles. The molecule has 0 saturated heterocycles. The van der Waals surface area contributed by atoms with Crippen LogP contribution in [0, 0.1) is 0 Å². The lowest BCUT2D eigenvalue weighted by Crippen LogP contribution is -2.36. The van der Waals surface area contributed by atoms with Gasteiger partial charge in [0.05, 0.1) is 12.1 Å². The van der Waals surface area contributed by atoms with E-state index in [1.165, 1.54) is 0 Å². The number of hydrogen-bond acceptors (Lipinski definition) is 5. The summed E-state index contributed by atoms with van der Waals surface area (Å²) in [7, 11) is 1.71. The predicted molar refractivity (Wildman–Crippen MR) is 84.5 cm³/mol. The van der Waals surface area contributed by atoms with Crippen LogP contribution in [0.3, 0.4) is 0 Å². The van der Waals surface area contributed by atoms with Crippen LogP contribution >= 0.6 is 0 Å². The number of rotatable bonds is 8. The minimum atomic E-state index is -0.172. The van der Waals surface area contributed by atoms with Gasteiger partial charge in [0.1, 0.15) is 18.0 Å². The minimum absolute atomic E-state index is 0.172. The van der Waals surface area contributed by atoms with Crippen LogP contribution in [0.5, 0.6) is 0 Å². The molecule has 0 amide bonds. The third-order valence-electron chi connectivity index (χ3n) is 2.97. The first-order chi connectivity index (χ1) is 9.41. The van der Waals surface area contributed by atoms with Gasteiger partial charge < -0.3 is 15.4 Å². The topological polar surface area (TPSA) is 59.1 Å². The first kappa shape index (κ1) is 16.7. The number of hydrogen-bond donors (Lipinski definition) is 2. The van der Waals surface area contributed by atoms with Crippen molar-refractivity contribution in [2.24, 2.45) is 0 Å². The van der Waals surface area contributed by atoms with E-state index in [-0.39, 0.29) is 5.54 Å². The van der Waals surface area contributed by atoms with Gasteiger partial charge in [0, 0.05) is 19.2 Å². The van der Waals surface area contributed by atoms with Gasteiger partial charge in [-0.2, -0.15) is 0 Å². The van der Waals surface area contributed by atoms with Crippen molar-refractivity contribution in [2.75, 3.05) is 30.9 Å². The van der Waals surface area contributed by atoms with Crippen molar-refractivity contribution in [1.29, 1.82) is 0 Å². The maximum Gasteiger partial charge on any atom is 0.135 e. The summed E-state index contributed by atoms with van der Waals surface area (Å²) in [5.41, 5.74) is 0.958. The van der Waals surface area contributed by atoms with E-state index < -0.39 is 0 Å². The van der Waals surface area contributed by atoms with E-state index in [0.717, 1.165) is 30.2 Å². The lowest BCUT2D eigenvalue weighted by atomic mass is 10.0. The van der Waals surface area contributed by atoms with Crippen LogP contribution in [0.1, 0.15) is 52.5 Å². The van der Waals surface area contributed by atoms with Crippen molar-refractivity contribution in [3.63, 3.8) is 0 Å². The zero-order valence-corrected chi connectivity index (χ0v) is 13.6. The summed E-state index contributed by atoms with van der Waals surface area (Å²) in [6, 6.07) is 0. The highest BCUT2D eigenvalue weighted by Gasteiger charge is 2.22. The van der Waals surface area contributed by atoms with E-state index in [9.17, 15) is 0 Å². The molecule has 0 unspecified atom stereocenters. The van der Waals surface area contributed by atoms with Crippen molar-refractivity contribution in [3.05, 3.63) is 11.9 Å². The molecule has 5 nitrogen and oxygen atoms in total. The standard InChI is InChI=1S/C15H28N4O/c1-7-8-16-13-12(11(2)3)14(18-10-17-13)19-15(4,5)9-20-6/h10-11H,7-9H2,1-6H3,(H2,16,17,18,19). The number of nitrogens with one attached hydrogen (secondary N) is 2. The van der Waals surface area contributed by atoms with E-state index in [1.807, 2.05) is 0 Å². The third kappa shape index (κ3) is 4.63. The van der Waals surface area contributed by atoms with Crippen molar-refractivity contribution in [1.82, 2.24) is 9.97 Å². The zero-order valence-electron chi connectivity index (χ0n) is 13.6. The largest absolute Gasteiger partial charge is 0.382 e. The SMILES string of the molecule is CCCNc1ncnc(NC(C)(C)COC)c1C(C)C. The fraction of sp³-hybridized carbons (Fsp3) is 0.733. The van der Waals surface area contributed by atoms with Gasteiger partial charge >= 0.3 is 0 Å². The molecular weight excluding hydrogens is 252 g/mol. The fourth-order valence-corrected chi connectivity index (χ4v) is 2.14. The van der Waals surface area contributed by atoms with Crippen LogP contribution in [0.15, 0.2) is 6.33 Å². The molecular formula is C15H28N4O. The van der Waals surface area contributed by atoms with Crippen molar-refractivity contribution >= 4 is 11.6 Å². The molecule has 0 saturated carbocycles. The van der Waals surface area contributed by atoms with Gasteiger partial charge in [0.2, 0.25) is 0 Å². The Morgan fingerprint density at radius 3 is 2.45 bits per heavy atom. The molecule has 0 radical (unpaired) electrons. The average Bonchev–Trinajstić information content (AvgIpc) is 2.35. The molecule has 1 aromatic rings. The fourth-order valence-electron chi connectivity index (χ4n) is 2.14. The lowest BCUT2D eigenvalue weighted by Gasteiger charge is -2.28. The molecule has 0 fully saturated rings. The Kier molecular flexibility index (Phi) is 6.20. The van der Waals surface area contributed by atoms with Crippen LogP contribution in [0.4, 0.5) is 11.6 Å². The number of ether oxygens (including phenoxy) is 1. The van der Waals surface area contributed by atoms with Crippen LogP contribution in [-0.2, 0) is 4.74 Å². The quantitative estimate of drug-likeness (QED) is 0.765. The summed E-state index contributed by atoms with van der Waals surface area (Å²) < 4.78 is 5.25. The van der Waals surface area contributed by atoms with Crippen LogP contribution < -0.4 is 10.6 Å². The summed E-state index contributed by atoms with van der Waals surface area (Å²) in [6.07, 6.45) is 2.68. The Labute approximate surface area is 122 Å². The predicted octanol–water partition coefficient (Wildman–Crippen LogP) is 3.26. The van der Waals surface area contributed by atoms with E-state index >= 15 is 0 Å². The van der Waals surface area contributed by atoms with Crippen LogP contribution in [0.25, 0.3) is 0 Å². The second kappa shape index (κ2) is 7.43. The van der Waals surface area contributed by atoms with Crippen molar-refractivity contribution in [3.8, 4) is 0 Å². The van der Waals surface area contributed by atoms with Gasteiger partial charge in [0.15, 0.2) is 0 Å². The van der Waals surface area contributed by atoms with Gasteiger partial charge in [0.25, 0.3) is 0 Å². The van der Waals surface area contributed by atoms with Gasteiger partial charge in [-0.15, -0.1) is 0 Å². The second-order valence-corrected chi connectivity index (χ2v) is 6.01. The highest BCUT2D eigenvalue weighted by atomic mass is 16.5. The molecule has 1 rings (SSSR count). The Balaban J connectivity index is 3.06. The molecule has 0 aliphatic heterocycles. The van der Waals surface area contributed by atoms with Gasteiger partial charge in [-0.25, -0.2) is 9.97 Å². The molecule has 0 aromatic carbocycles. The Morgan fingerprint density at radius 2 is 1.90 bits per heavy atom. The Bertz CT molecular complexity index is 418. The normalized spacial score (nSPS) is 11.8. The zero-order chi connectivity index (χ0) is 15.2. The summed E-state index contributed by atoms with van der Waals surface area (Å²) in [5, 5.41) is 6.85. The van der Waals surface area contributed by atoms with Gasteiger partial charge in [-0.3, -0.25) is 0 Å². The Morgan fingerprint density at radius 1 is 1.25 bits per heavy atom. The minimum Gasteiger partial charge on any atom is -0.382 e. The number of methoxy groups -OCH3 is 1. The summed E-state index contributed by atoms with van der Waals surface area (Å²) in [4.78, 5) is 8.80. The second-order valence-electron chi connectivity index (χ2n) is 6.01. The van der Waals surface area contributed by atoms with E-state index in [4.69, 9.17) is 4.74 Å². The van der Waals surface area contributed by atoms with Crippen molar-refractivity contribution < 1.29 is 4.74 Å². The first-order valence-electron chi connectivity index (χ1n) is 7.27. The monoisotopic (exact) mass is 280 g/mol. The molecule has 5 heteroatoms. The average molecular weight is 280 g/mol. The maximum atomic E-state index is 5.25. The van der Waals surface area contributed by atoms with Crippen LogP contribution in [-0.4, -0.2) is 35.8 Å². The van der Waals surface area contributed by atoms with E-state index in [0.29, 0.717) is 12.5 Å². The highest BCUT2D eigenvalue weighted by Crippen LogP contribution is 2.30. The van der Waals surface area contributed by atoms with E-state index in [1.54, 1.807) is 13.4 Å². The molecule has 1 heterocycles. The molecule has 0 spiro atoms. The molecule has 0 aliphatic rings.